The molecule has 3 aromatic carbocycles. The third kappa shape index (κ3) is 3.12. The zero-order valence-corrected chi connectivity index (χ0v) is 14.2. The Morgan fingerprint density at radius 1 is 0.880 bits per heavy atom. The predicted octanol–water partition coefficient (Wildman–Crippen LogP) is 5.40. The zero-order chi connectivity index (χ0) is 17.2. The molecule has 0 unspecified atom stereocenters. The van der Waals surface area contributed by atoms with E-state index in [4.69, 9.17) is 5.73 Å². The molecule has 1 aromatic heterocycles. The molecule has 0 saturated heterocycles. The van der Waals surface area contributed by atoms with Crippen LogP contribution < -0.4 is 11.1 Å². The number of benzene rings is 3. The first-order chi connectivity index (χ1) is 12.2. The monoisotopic (exact) mass is 344 g/mol. The van der Waals surface area contributed by atoms with Crippen LogP contribution in [0.4, 0.5) is 11.4 Å². The highest BCUT2D eigenvalue weighted by Crippen LogP contribution is 2.31. The van der Waals surface area contributed by atoms with E-state index >= 15 is 0 Å². The Kier molecular flexibility index (Phi) is 3.96. The quantitative estimate of drug-likeness (QED) is 0.489. The maximum atomic E-state index is 12.7. The molecule has 0 aliphatic heterocycles. The Bertz CT molecular complexity index is 1040. The van der Waals surface area contributed by atoms with E-state index in [1.807, 2.05) is 78.9 Å². The molecule has 1 heterocycles. The molecule has 4 aromatic rings. The van der Waals surface area contributed by atoms with Gasteiger partial charge in [-0.1, -0.05) is 48.5 Å². The Morgan fingerprint density at radius 2 is 1.68 bits per heavy atom. The zero-order valence-electron chi connectivity index (χ0n) is 13.4. The smallest absolute Gasteiger partial charge is 0.265 e. The minimum absolute atomic E-state index is 0.0995. The number of fused-ring (bicyclic) bond motifs is 1. The van der Waals surface area contributed by atoms with E-state index in [0.29, 0.717) is 10.6 Å². The van der Waals surface area contributed by atoms with Crippen LogP contribution >= 0.6 is 11.3 Å². The van der Waals surface area contributed by atoms with Gasteiger partial charge in [0.25, 0.3) is 5.91 Å². The topological polar surface area (TPSA) is 55.1 Å². The molecular weight excluding hydrogens is 328 g/mol. The third-order valence-corrected chi connectivity index (χ3v) is 5.14. The van der Waals surface area contributed by atoms with Gasteiger partial charge in [-0.25, -0.2) is 0 Å². The Morgan fingerprint density at radius 3 is 2.52 bits per heavy atom. The normalized spacial score (nSPS) is 10.7. The van der Waals surface area contributed by atoms with Crippen molar-refractivity contribution >= 4 is 38.7 Å². The summed E-state index contributed by atoms with van der Waals surface area (Å²) in [5.74, 6) is -0.0995. The number of anilines is 2. The van der Waals surface area contributed by atoms with E-state index in [-0.39, 0.29) is 5.91 Å². The van der Waals surface area contributed by atoms with Gasteiger partial charge in [-0.15, -0.1) is 11.3 Å². The largest absolute Gasteiger partial charge is 0.399 e. The van der Waals surface area contributed by atoms with Crippen molar-refractivity contribution in [1.29, 1.82) is 0 Å². The van der Waals surface area contributed by atoms with Crippen molar-refractivity contribution in [2.45, 2.75) is 0 Å². The highest BCUT2D eigenvalue weighted by atomic mass is 32.1. The Balaban J connectivity index is 1.68. The van der Waals surface area contributed by atoms with E-state index in [2.05, 4.69) is 5.32 Å². The van der Waals surface area contributed by atoms with Gasteiger partial charge in [0.05, 0.1) is 4.88 Å². The molecule has 4 rings (SSSR count). The molecule has 0 radical (unpaired) electrons. The number of carbonyl (C=O) groups is 1. The highest BCUT2D eigenvalue weighted by Gasteiger charge is 2.13. The van der Waals surface area contributed by atoms with Crippen molar-refractivity contribution in [1.82, 2.24) is 0 Å². The molecule has 3 nitrogen and oxygen atoms in total. The number of nitrogens with two attached hydrogens (primary N) is 1. The van der Waals surface area contributed by atoms with Crippen LogP contribution in [0.3, 0.4) is 0 Å². The molecule has 3 N–H and O–H groups in total. The second kappa shape index (κ2) is 6.42. The average Bonchev–Trinajstić information content (AvgIpc) is 3.06. The molecule has 4 heteroatoms. The van der Waals surface area contributed by atoms with Crippen molar-refractivity contribution in [2.75, 3.05) is 11.1 Å². The van der Waals surface area contributed by atoms with Crippen molar-refractivity contribution in [3.05, 3.63) is 83.7 Å². The second-order valence-corrected chi connectivity index (χ2v) is 6.86. The van der Waals surface area contributed by atoms with E-state index in [1.165, 1.54) is 11.3 Å². The van der Waals surface area contributed by atoms with E-state index in [0.717, 1.165) is 26.9 Å². The van der Waals surface area contributed by atoms with Gasteiger partial charge in [0, 0.05) is 21.6 Å². The fourth-order valence-corrected chi connectivity index (χ4v) is 3.79. The number of amides is 1. The minimum Gasteiger partial charge on any atom is -0.399 e. The van der Waals surface area contributed by atoms with Crippen LogP contribution in [-0.2, 0) is 0 Å². The maximum absolute atomic E-state index is 12.7. The van der Waals surface area contributed by atoms with Crippen molar-refractivity contribution in [2.24, 2.45) is 0 Å². The van der Waals surface area contributed by atoms with Crippen LogP contribution in [-0.4, -0.2) is 5.91 Å². The van der Waals surface area contributed by atoms with Gasteiger partial charge in [-0.05, 0) is 41.3 Å². The van der Waals surface area contributed by atoms with Gasteiger partial charge >= 0.3 is 0 Å². The Hall–Kier alpha value is -3.11. The minimum atomic E-state index is -0.0995. The van der Waals surface area contributed by atoms with Gasteiger partial charge < -0.3 is 11.1 Å². The summed E-state index contributed by atoms with van der Waals surface area (Å²) in [7, 11) is 0. The van der Waals surface area contributed by atoms with Crippen molar-refractivity contribution < 1.29 is 4.79 Å². The molecule has 0 fully saturated rings. The van der Waals surface area contributed by atoms with Gasteiger partial charge in [0.1, 0.15) is 0 Å². The van der Waals surface area contributed by atoms with Gasteiger partial charge in [-0.3, -0.25) is 4.79 Å². The summed E-state index contributed by atoms with van der Waals surface area (Å²) in [4.78, 5) is 13.4. The van der Waals surface area contributed by atoms with Crippen LogP contribution in [0.15, 0.2) is 78.9 Å². The number of nitrogen functional groups attached to an aromatic ring is 1. The first-order valence-corrected chi connectivity index (χ1v) is 8.77. The van der Waals surface area contributed by atoms with Crippen molar-refractivity contribution in [3.8, 4) is 11.1 Å². The summed E-state index contributed by atoms with van der Waals surface area (Å²) in [6.07, 6.45) is 0. The number of rotatable bonds is 3. The van der Waals surface area contributed by atoms with Crippen molar-refractivity contribution in [3.63, 3.8) is 0 Å². The summed E-state index contributed by atoms with van der Waals surface area (Å²) in [5.41, 5.74) is 9.29. The predicted molar refractivity (Wildman–Crippen MR) is 106 cm³/mol. The summed E-state index contributed by atoms with van der Waals surface area (Å²) in [6, 6.07) is 25.3. The van der Waals surface area contributed by atoms with E-state index in [9.17, 15) is 4.79 Å². The molecule has 0 bridgehead atoms. The fourth-order valence-electron chi connectivity index (χ4n) is 2.83. The summed E-state index contributed by atoms with van der Waals surface area (Å²) >= 11 is 1.50. The van der Waals surface area contributed by atoms with E-state index in [1.54, 1.807) is 0 Å². The van der Waals surface area contributed by atoms with Gasteiger partial charge in [0.15, 0.2) is 0 Å². The van der Waals surface area contributed by atoms with Crippen LogP contribution in [0, 0.1) is 0 Å². The Labute approximate surface area is 149 Å². The van der Waals surface area contributed by atoms with Crippen LogP contribution in [0.1, 0.15) is 9.67 Å². The number of carbonyl (C=O) groups excluding carboxylic acids is 1. The van der Waals surface area contributed by atoms with E-state index < -0.39 is 0 Å². The lowest BCUT2D eigenvalue weighted by atomic mass is 10.0. The lowest BCUT2D eigenvalue weighted by Gasteiger charge is -2.11. The summed E-state index contributed by atoms with van der Waals surface area (Å²) in [5, 5.41) is 4.12. The summed E-state index contributed by atoms with van der Waals surface area (Å²) in [6.45, 7) is 0. The lowest BCUT2D eigenvalue weighted by molar-refractivity contribution is 0.103. The fraction of sp³-hybridized carbons (Fsp3) is 0. The molecule has 0 saturated carbocycles. The van der Waals surface area contributed by atoms with Gasteiger partial charge in [-0.2, -0.15) is 0 Å². The average molecular weight is 344 g/mol. The molecule has 0 atom stereocenters. The number of para-hydroxylation sites is 1. The molecule has 0 aliphatic rings. The van der Waals surface area contributed by atoms with Crippen LogP contribution in [0.25, 0.3) is 21.2 Å². The summed E-state index contributed by atoms with van der Waals surface area (Å²) < 4.78 is 1.11. The molecule has 122 valence electrons. The number of nitrogens with one attached hydrogen (secondary N) is 1. The maximum Gasteiger partial charge on any atom is 0.265 e. The first kappa shape index (κ1) is 15.4. The number of hydrogen-bond donors (Lipinski definition) is 2. The first-order valence-electron chi connectivity index (χ1n) is 7.95. The molecule has 0 spiro atoms. The standard InChI is InChI=1S/C21H16N2OS/c22-16-8-5-7-14(12-16)17-9-2-3-10-18(17)23-21(24)20-13-15-6-1-4-11-19(15)25-20/h1-13H,22H2,(H,23,24). The molecule has 1 amide bonds. The molecule has 25 heavy (non-hydrogen) atoms. The van der Waals surface area contributed by atoms with Crippen LogP contribution in [0.2, 0.25) is 0 Å². The van der Waals surface area contributed by atoms with Crippen LogP contribution in [0.5, 0.6) is 0 Å². The number of thiophene rings is 1. The second-order valence-electron chi connectivity index (χ2n) is 5.77. The van der Waals surface area contributed by atoms with Gasteiger partial charge in [0.2, 0.25) is 0 Å². The highest BCUT2D eigenvalue weighted by molar-refractivity contribution is 7.20. The molecule has 0 aliphatic carbocycles. The molecular formula is C21H16N2OS. The lowest BCUT2D eigenvalue weighted by Crippen LogP contribution is -2.10. The third-order valence-electron chi connectivity index (χ3n) is 4.02. The number of hydrogen-bond acceptors (Lipinski definition) is 3. The SMILES string of the molecule is Nc1cccc(-c2ccccc2NC(=O)c2cc3ccccc3s2)c1.